The third kappa shape index (κ3) is 4.50. The number of nitrogens with two attached hydrogens (primary N) is 1. The lowest BCUT2D eigenvalue weighted by molar-refractivity contribution is -0.123. The van der Waals surface area contributed by atoms with Gasteiger partial charge in [-0.15, -0.1) is 0 Å². The third-order valence-electron chi connectivity index (χ3n) is 7.05. The van der Waals surface area contributed by atoms with Crippen molar-refractivity contribution in [2.45, 2.75) is 38.1 Å². The molecule has 0 spiro atoms. The SMILES string of the molecule is NC(=O)c1ccc2c(c1)N(CCc1ccccc1)C(=O)[C@H]1CCCC[C@@H]1N2c1cc(F)cc(F)c1. The summed E-state index contributed by atoms with van der Waals surface area (Å²) in [5.74, 6) is -2.34. The number of halogens is 2. The Labute approximate surface area is 203 Å². The van der Waals surface area contributed by atoms with Crippen LogP contribution in [0.25, 0.3) is 0 Å². The molecule has 0 saturated heterocycles. The van der Waals surface area contributed by atoms with E-state index in [4.69, 9.17) is 5.73 Å². The van der Waals surface area contributed by atoms with Gasteiger partial charge in [0.25, 0.3) is 0 Å². The molecule has 2 N–H and O–H groups in total. The molecule has 1 aliphatic carbocycles. The topological polar surface area (TPSA) is 66.6 Å². The van der Waals surface area contributed by atoms with E-state index >= 15 is 0 Å². The van der Waals surface area contributed by atoms with Crippen LogP contribution in [0, 0.1) is 17.6 Å². The summed E-state index contributed by atoms with van der Waals surface area (Å²) >= 11 is 0. The molecule has 2 amide bonds. The molecular formula is C28H27F2N3O2. The van der Waals surface area contributed by atoms with Gasteiger partial charge < -0.3 is 15.5 Å². The molecule has 180 valence electrons. The Balaban J connectivity index is 1.67. The first-order valence-corrected chi connectivity index (χ1v) is 12.0. The maximum atomic E-state index is 14.3. The van der Waals surface area contributed by atoms with E-state index in [9.17, 15) is 18.4 Å². The summed E-state index contributed by atoms with van der Waals surface area (Å²) in [6, 6.07) is 18.0. The fourth-order valence-electron chi connectivity index (χ4n) is 5.43. The minimum Gasteiger partial charge on any atom is -0.366 e. The van der Waals surface area contributed by atoms with E-state index in [0.717, 1.165) is 30.9 Å². The highest BCUT2D eigenvalue weighted by molar-refractivity contribution is 6.04. The van der Waals surface area contributed by atoms with Gasteiger partial charge in [-0.25, -0.2) is 8.78 Å². The molecule has 3 aromatic rings. The molecule has 2 aliphatic rings. The van der Waals surface area contributed by atoms with Crippen molar-refractivity contribution in [3.63, 3.8) is 0 Å². The number of anilines is 3. The fraction of sp³-hybridized carbons (Fsp3) is 0.286. The number of primary amides is 1. The second-order valence-electron chi connectivity index (χ2n) is 9.25. The minimum absolute atomic E-state index is 0.0344. The van der Waals surface area contributed by atoms with Crippen molar-refractivity contribution in [1.82, 2.24) is 0 Å². The average Bonchev–Trinajstić information content (AvgIpc) is 2.94. The van der Waals surface area contributed by atoms with Crippen LogP contribution in [-0.2, 0) is 11.2 Å². The van der Waals surface area contributed by atoms with E-state index < -0.39 is 17.5 Å². The second-order valence-corrected chi connectivity index (χ2v) is 9.25. The van der Waals surface area contributed by atoms with E-state index in [1.165, 1.54) is 12.1 Å². The van der Waals surface area contributed by atoms with E-state index in [1.54, 1.807) is 23.1 Å². The van der Waals surface area contributed by atoms with Crippen LogP contribution in [0.15, 0.2) is 66.7 Å². The lowest BCUT2D eigenvalue weighted by Crippen LogP contribution is -2.46. The summed E-state index contributed by atoms with van der Waals surface area (Å²) in [6.45, 7) is 0.409. The van der Waals surface area contributed by atoms with Gasteiger partial charge in [-0.1, -0.05) is 43.2 Å². The molecular weight excluding hydrogens is 448 g/mol. The first-order chi connectivity index (χ1) is 16.9. The smallest absolute Gasteiger partial charge is 0.248 e. The van der Waals surface area contributed by atoms with E-state index in [0.29, 0.717) is 36.4 Å². The zero-order chi connectivity index (χ0) is 24.5. The molecule has 0 aromatic heterocycles. The number of hydrogen-bond acceptors (Lipinski definition) is 3. The Morgan fingerprint density at radius 2 is 1.63 bits per heavy atom. The highest BCUT2D eigenvalue weighted by atomic mass is 19.1. The zero-order valence-corrected chi connectivity index (χ0v) is 19.3. The molecule has 1 fully saturated rings. The van der Waals surface area contributed by atoms with Gasteiger partial charge in [0, 0.05) is 29.9 Å². The molecule has 0 bridgehead atoms. The quantitative estimate of drug-likeness (QED) is 0.541. The second kappa shape index (κ2) is 9.49. The van der Waals surface area contributed by atoms with Crippen molar-refractivity contribution in [2.75, 3.05) is 16.3 Å². The molecule has 35 heavy (non-hydrogen) atoms. The van der Waals surface area contributed by atoms with Crippen LogP contribution in [0.2, 0.25) is 0 Å². The molecule has 2 atom stereocenters. The Kier molecular flexibility index (Phi) is 6.24. The molecule has 5 rings (SSSR count). The largest absolute Gasteiger partial charge is 0.366 e. The summed E-state index contributed by atoms with van der Waals surface area (Å²) in [6.07, 6.45) is 3.86. The summed E-state index contributed by atoms with van der Waals surface area (Å²) in [5.41, 5.74) is 8.45. The molecule has 1 aliphatic heterocycles. The molecule has 3 aromatic carbocycles. The van der Waals surface area contributed by atoms with Crippen molar-refractivity contribution in [2.24, 2.45) is 11.7 Å². The van der Waals surface area contributed by atoms with E-state index in [1.807, 2.05) is 35.2 Å². The van der Waals surface area contributed by atoms with Crippen molar-refractivity contribution >= 4 is 28.9 Å². The number of nitrogens with zero attached hydrogens (tertiary/aromatic N) is 2. The Hall–Kier alpha value is -3.74. The average molecular weight is 476 g/mol. The zero-order valence-electron chi connectivity index (χ0n) is 19.3. The van der Waals surface area contributed by atoms with Crippen molar-refractivity contribution in [3.05, 3.63) is 89.5 Å². The molecule has 1 heterocycles. The maximum absolute atomic E-state index is 14.3. The van der Waals surface area contributed by atoms with Crippen LogP contribution in [0.3, 0.4) is 0 Å². The van der Waals surface area contributed by atoms with E-state index in [-0.39, 0.29) is 23.4 Å². The van der Waals surface area contributed by atoms with Crippen LogP contribution in [-0.4, -0.2) is 24.4 Å². The highest BCUT2D eigenvalue weighted by Crippen LogP contribution is 2.46. The first-order valence-electron chi connectivity index (χ1n) is 12.0. The number of rotatable bonds is 5. The molecule has 1 saturated carbocycles. The van der Waals surface area contributed by atoms with Gasteiger partial charge in [-0.05, 0) is 55.2 Å². The van der Waals surface area contributed by atoms with Crippen LogP contribution in [0.1, 0.15) is 41.6 Å². The number of carbonyl (C=O) groups is 2. The minimum atomic E-state index is -0.681. The van der Waals surface area contributed by atoms with Gasteiger partial charge in [0.15, 0.2) is 0 Å². The van der Waals surface area contributed by atoms with Crippen LogP contribution < -0.4 is 15.5 Å². The number of hydrogen-bond donors (Lipinski definition) is 1. The lowest BCUT2D eigenvalue weighted by Gasteiger charge is -2.38. The van der Waals surface area contributed by atoms with Crippen LogP contribution in [0.5, 0.6) is 0 Å². The monoisotopic (exact) mass is 475 g/mol. The van der Waals surface area contributed by atoms with Gasteiger partial charge in [0.2, 0.25) is 11.8 Å². The highest BCUT2D eigenvalue weighted by Gasteiger charge is 2.42. The van der Waals surface area contributed by atoms with Crippen molar-refractivity contribution in [1.29, 1.82) is 0 Å². The summed E-state index contributed by atoms with van der Waals surface area (Å²) < 4.78 is 28.6. The number of carbonyl (C=O) groups excluding carboxylic acids is 2. The predicted molar refractivity (Wildman–Crippen MR) is 132 cm³/mol. The number of benzene rings is 3. The van der Waals surface area contributed by atoms with Gasteiger partial charge in [0.05, 0.1) is 17.3 Å². The number of amides is 2. The normalized spacial score (nSPS) is 19.7. The van der Waals surface area contributed by atoms with Gasteiger partial charge in [-0.3, -0.25) is 9.59 Å². The Bertz CT molecular complexity index is 1240. The summed E-state index contributed by atoms with van der Waals surface area (Å²) in [4.78, 5) is 29.6. The third-order valence-corrected chi connectivity index (χ3v) is 7.05. The van der Waals surface area contributed by atoms with Crippen LogP contribution >= 0.6 is 0 Å². The standard InChI is InChI=1S/C28H27F2N3O2/c29-20-15-21(30)17-22(16-20)33-24-9-5-4-8-23(24)28(35)32(13-12-18-6-2-1-3-7-18)26-14-19(27(31)34)10-11-25(26)33/h1-3,6-7,10-11,14-17,23-24H,4-5,8-9,12-13H2,(H2,31,34)/t23-,24-/m0/s1. The maximum Gasteiger partial charge on any atom is 0.248 e. The summed E-state index contributed by atoms with van der Waals surface area (Å²) in [7, 11) is 0. The van der Waals surface area contributed by atoms with Crippen LogP contribution in [0.4, 0.5) is 25.8 Å². The fourth-order valence-corrected chi connectivity index (χ4v) is 5.43. The molecule has 0 unspecified atom stereocenters. The Morgan fingerprint density at radius 3 is 2.34 bits per heavy atom. The predicted octanol–water partition coefficient (Wildman–Crippen LogP) is 5.35. The van der Waals surface area contributed by atoms with Gasteiger partial charge >= 0.3 is 0 Å². The molecule has 7 heteroatoms. The van der Waals surface area contributed by atoms with Crippen molar-refractivity contribution in [3.8, 4) is 0 Å². The lowest BCUT2D eigenvalue weighted by atomic mass is 9.82. The van der Waals surface area contributed by atoms with E-state index in [2.05, 4.69) is 0 Å². The first kappa shape index (κ1) is 23.0. The summed E-state index contributed by atoms with van der Waals surface area (Å²) in [5, 5.41) is 0. The molecule has 5 nitrogen and oxygen atoms in total. The van der Waals surface area contributed by atoms with Gasteiger partial charge in [0.1, 0.15) is 11.6 Å². The number of fused-ring (bicyclic) bond motifs is 2. The van der Waals surface area contributed by atoms with Crippen molar-refractivity contribution < 1.29 is 18.4 Å². The Morgan fingerprint density at radius 1 is 0.914 bits per heavy atom. The molecule has 0 radical (unpaired) electrons. The van der Waals surface area contributed by atoms with Gasteiger partial charge in [-0.2, -0.15) is 0 Å².